The van der Waals surface area contributed by atoms with E-state index in [-0.39, 0.29) is 5.91 Å². The number of rotatable bonds is 3. The van der Waals surface area contributed by atoms with Gasteiger partial charge in [0.2, 0.25) is 0 Å². The van der Waals surface area contributed by atoms with Crippen molar-refractivity contribution in [3.63, 3.8) is 0 Å². The lowest BCUT2D eigenvalue weighted by atomic mass is 10.2. The van der Waals surface area contributed by atoms with Crippen LogP contribution in [-0.4, -0.2) is 37.0 Å². The van der Waals surface area contributed by atoms with Crippen LogP contribution in [0.5, 0.6) is 0 Å². The quantitative estimate of drug-likeness (QED) is 0.884. The molecule has 2 heterocycles. The molecule has 1 aromatic heterocycles. The van der Waals surface area contributed by atoms with Crippen LogP contribution in [0.15, 0.2) is 45.6 Å². The first-order valence-electron chi connectivity index (χ1n) is 7.12. The molecule has 0 saturated carbocycles. The van der Waals surface area contributed by atoms with Crippen LogP contribution in [-0.2, 0) is 6.54 Å². The van der Waals surface area contributed by atoms with Crippen molar-refractivity contribution in [1.82, 2.24) is 4.90 Å². The van der Waals surface area contributed by atoms with Crippen LogP contribution in [0.1, 0.15) is 15.9 Å². The smallest absolute Gasteiger partial charge is 0.254 e. The van der Waals surface area contributed by atoms with Gasteiger partial charge in [0.25, 0.3) is 5.91 Å². The minimum atomic E-state index is 0.144. The molecule has 1 aromatic carbocycles. The summed E-state index contributed by atoms with van der Waals surface area (Å²) in [5.41, 5.74) is 2.17. The van der Waals surface area contributed by atoms with Gasteiger partial charge < -0.3 is 9.80 Å². The lowest BCUT2D eigenvalue weighted by Gasteiger charge is -2.32. The maximum Gasteiger partial charge on any atom is 0.254 e. The first kappa shape index (κ1) is 14.8. The van der Waals surface area contributed by atoms with E-state index in [1.165, 1.54) is 5.56 Å². The van der Waals surface area contributed by atoms with E-state index in [4.69, 9.17) is 0 Å². The summed E-state index contributed by atoms with van der Waals surface area (Å²) >= 11 is 5.17. The SMILES string of the molecule is O=C(c1cccc(Br)c1)N1CC[NH+](Cc2ccsc2)CC1. The van der Waals surface area contributed by atoms with E-state index in [0.717, 1.165) is 42.8 Å². The van der Waals surface area contributed by atoms with Crippen LogP contribution in [0.2, 0.25) is 0 Å². The number of carbonyl (C=O) groups is 1. The molecule has 0 radical (unpaired) electrons. The highest BCUT2D eigenvalue weighted by molar-refractivity contribution is 9.10. The second-order valence-electron chi connectivity index (χ2n) is 5.36. The van der Waals surface area contributed by atoms with E-state index in [1.807, 2.05) is 29.2 Å². The third-order valence-corrected chi connectivity index (χ3v) is 5.09. The number of hydrogen-bond acceptors (Lipinski definition) is 2. The molecule has 1 aliphatic heterocycles. The zero-order valence-electron chi connectivity index (χ0n) is 11.7. The monoisotopic (exact) mass is 365 g/mol. The molecule has 1 aliphatic rings. The number of quaternary nitrogens is 1. The van der Waals surface area contributed by atoms with Crippen molar-refractivity contribution in [2.24, 2.45) is 0 Å². The molecule has 1 N–H and O–H groups in total. The topological polar surface area (TPSA) is 24.8 Å². The molecule has 1 amide bonds. The van der Waals surface area contributed by atoms with E-state index < -0.39 is 0 Å². The van der Waals surface area contributed by atoms with Gasteiger partial charge in [0, 0.05) is 15.6 Å². The zero-order valence-corrected chi connectivity index (χ0v) is 14.1. The summed E-state index contributed by atoms with van der Waals surface area (Å²) in [6.07, 6.45) is 0. The number of halogens is 1. The molecule has 0 atom stereocenters. The van der Waals surface area contributed by atoms with Gasteiger partial charge in [-0.25, -0.2) is 0 Å². The predicted octanol–water partition coefficient (Wildman–Crippen LogP) is 2.05. The Morgan fingerprint density at radius 3 is 2.76 bits per heavy atom. The molecular formula is C16H18BrN2OS+. The number of hydrogen-bond donors (Lipinski definition) is 1. The Balaban J connectivity index is 1.57. The largest absolute Gasteiger partial charge is 0.328 e. The van der Waals surface area contributed by atoms with Gasteiger partial charge >= 0.3 is 0 Å². The highest BCUT2D eigenvalue weighted by Gasteiger charge is 2.24. The molecular weight excluding hydrogens is 348 g/mol. The van der Waals surface area contributed by atoms with Gasteiger partial charge in [0.15, 0.2) is 0 Å². The van der Waals surface area contributed by atoms with Crippen molar-refractivity contribution >= 4 is 33.2 Å². The molecule has 1 saturated heterocycles. The number of benzene rings is 1. The minimum Gasteiger partial charge on any atom is -0.328 e. The Labute approximate surface area is 137 Å². The third-order valence-electron chi connectivity index (χ3n) is 3.86. The highest BCUT2D eigenvalue weighted by atomic mass is 79.9. The molecule has 0 spiro atoms. The molecule has 2 aromatic rings. The normalized spacial score (nSPS) is 16.1. The van der Waals surface area contributed by atoms with Crippen LogP contribution in [0, 0.1) is 0 Å². The van der Waals surface area contributed by atoms with Crippen molar-refractivity contribution in [3.8, 4) is 0 Å². The fourth-order valence-corrected chi connectivity index (χ4v) is 3.76. The van der Waals surface area contributed by atoms with Crippen molar-refractivity contribution < 1.29 is 9.69 Å². The average molecular weight is 366 g/mol. The van der Waals surface area contributed by atoms with Gasteiger partial charge in [-0.15, -0.1) is 0 Å². The molecule has 5 heteroatoms. The van der Waals surface area contributed by atoms with E-state index >= 15 is 0 Å². The number of thiophene rings is 1. The van der Waals surface area contributed by atoms with Gasteiger partial charge in [-0.05, 0) is 35.0 Å². The third kappa shape index (κ3) is 3.73. The Bertz CT molecular complexity index is 606. The summed E-state index contributed by atoms with van der Waals surface area (Å²) in [6, 6.07) is 9.83. The standard InChI is InChI=1S/C16H17BrN2OS/c17-15-3-1-2-14(10-15)16(20)19-7-5-18(6-8-19)11-13-4-9-21-12-13/h1-4,9-10,12H,5-8,11H2/p+1. The molecule has 1 fully saturated rings. The average Bonchev–Trinajstić information content (AvgIpc) is 3.00. The maximum atomic E-state index is 12.5. The Kier molecular flexibility index (Phi) is 4.73. The summed E-state index contributed by atoms with van der Waals surface area (Å²) in [4.78, 5) is 16.0. The van der Waals surface area contributed by atoms with Crippen molar-refractivity contribution in [2.45, 2.75) is 6.54 Å². The summed E-state index contributed by atoms with van der Waals surface area (Å²) in [7, 11) is 0. The number of carbonyl (C=O) groups excluding carboxylic acids is 1. The number of amides is 1. The Hall–Kier alpha value is -1.17. The molecule has 3 nitrogen and oxygen atoms in total. The van der Waals surface area contributed by atoms with Crippen LogP contribution < -0.4 is 4.90 Å². The summed E-state index contributed by atoms with van der Waals surface area (Å²) < 4.78 is 0.954. The second-order valence-corrected chi connectivity index (χ2v) is 7.06. The fraction of sp³-hybridized carbons (Fsp3) is 0.312. The van der Waals surface area contributed by atoms with Crippen LogP contribution >= 0.6 is 27.3 Å². The van der Waals surface area contributed by atoms with Gasteiger partial charge in [0.1, 0.15) is 6.54 Å². The molecule has 0 aliphatic carbocycles. The Morgan fingerprint density at radius 1 is 1.29 bits per heavy atom. The molecule has 3 rings (SSSR count). The maximum absolute atomic E-state index is 12.5. The van der Waals surface area contributed by atoms with Crippen LogP contribution in [0.3, 0.4) is 0 Å². The van der Waals surface area contributed by atoms with Crippen molar-refractivity contribution in [2.75, 3.05) is 26.2 Å². The lowest BCUT2D eigenvalue weighted by Crippen LogP contribution is -3.13. The van der Waals surface area contributed by atoms with E-state index in [9.17, 15) is 4.79 Å². The number of piperazine rings is 1. The van der Waals surface area contributed by atoms with E-state index in [2.05, 4.69) is 32.8 Å². The zero-order chi connectivity index (χ0) is 14.7. The van der Waals surface area contributed by atoms with Gasteiger partial charge in [0.05, 0.1) is 26.2 Å². The van der Waals surface area contributed by atoms with Crippen molar-refractivity contribution in [1.29, 1.82) is 0 Å². The van der Waals surface area contributed by atoms with Gasteiger partial charge in [-0.3, -0.25) is 4.79 Å². The summed E-state index contributed by atoms with van der Waals surface area (Å²) in [5, 5.41) is 4.34. The summed E-state index contributed by atoms with van der Waals surface area (Å²) in [6.45, 7) is 4.79. The number of nitrogens with zero attached hydrogens (tertiary/aromatic N) is 1. The van der Waals surface area contributed by atoms with Gasteiger partial charge in [-0.2, -0.15) is 11.3 Å². The minimum absolute atomic E-state index is 0.144. The van der Waals surface area contributed by atoms with Gasteiger partial charge in [-0.1, -0.05) is 22.0 Å². The van der Waals surface area contributed by atoms with Crippen LogP contribution in [0.4, 0.5) is 0 Å². The van der Waals surface area contributed by atoms with Crippen molar-refractivity contribution in [3.05, 3.63) is 56.7 Å². The predicted molar refractivity (Wildman–Crippen MR) is 88.8 cm³/mol. The van der Waals surface area contributed by atoms with Crippen LogP contribution in [0.25, 0.3) is 0 Å². The Morgan fingerprint density at radius 2 is 2.10 bits per heavy atom. The molecule has 0 unspecified atom stereocenters. The van der Waals surface area contributed by atoms with E-state index in [0.29, 0.717) is 0 Å². The van der Waals surface area contributed by atoms with E-state index in [1.54, 1.807) is 16.2 Å². The highest BCUT2D eigenvalue weighted by Crippen LogP contribution is 2.13. The lowest BCUT2D eigenvalue weighted by molar-refractivity contribution is -0.917. The fourth-order valence-electron chi connectivity index (χ4n) is 2.69. The first-order valence-corrected chi connectivity index (χ1v) is 8.85. The first-order chi connectivity index (χ1) is 10.2. The summed E-state index contributed by atoms with van der Waals surface area (Å²) in [5.74, 6) is 0.144. The number of nitrogens with one attached hydrogen (secondary N) is 1. The molecule has 21 heavy (non-hydrogen) atoms. The molecule has 110 valence electrons. The molecule has 0 bridgehead atoms. The second kappa shape index (κ2) is 6.73.